The van der Waals surface area contributed by atoms with Crippen molar-refractivity contribution in [2.24, 2.45) is 0 Å². The van der Waals surface area contributed by atoms with E-state index in [4.69, 9.17) is 9.47 Å². The SMILES string of the molecule is COc1cc(CNC2CC2)ccc1OCCN(C)C. The highest BCUT2D eigenvalue weighted by Gasteiger charge is 2.20. The van der Waals surface area contributed by atoms with Gasteiger partial charge < -0.3 is 19.7 Å². The lowest BCUT2D eigenvalue weighted by Crippen LogP contribution is -2.19. The van der Waals surface area contributed by atoms with Gasteiger partial charge >= 0.3 is 0 Å². The molecule has 1 aromatic rings. The number of methoxy groups -OCH3 is 1. The molecule has 4 nitrogen and oxygen atoms in total. The van der Waals surface area contributed by atoms with Gasteiger partial charge in [0.2, 0.25) is 0 Å². The number of hydrogen-bond donors (Lipinski definition) is 1. The van der Waals surface area contributed by atoms with Crippen LogP contribution in [0.1, 0.15) is 18.4 Å². The van der Waals surface area contributed by atoms with Gasteiger partial charge in [0.05, 0.1) is 7.11 Å². The predicted molar refractivity (Wildman–Crippen MR) is 76.9 cm³/mol. The molecule has 0 spiro atoms. The molecule has 1 N–H and O–H groups in total. The summed E-state index contributed by atoms with van der Waals surface area (Å²) in [6.45, 7) is 2.47. The van der Waals surface area contributed by atoms with Crippen LogP contribution in [0.4, 0.5) is 0 Å². The van der Waals surface area contributed by atoms with Crippen LogP contribution in [0.15, 0.2) is 18.2 Å². The van der Waals surface area contributed by atoms with Crippen molar-refractivity contribution in [3.8, 4) is 11.5 Å². The van der Waals surface area contributed by atoms with Crippen LogP contribution in [0.2, 0.25) is 0 Å². The molecule has 0 radical (unpaired) electrons. The van der Waals surface area contributed by atoms with E-state index in [0.717, 1.165) is 30.6 Å². The summed E-state index contributed by atoms with van der Waals surface area (Å²) in [6.07, 6.45) is 2.62. The molecule has 1 saturated carbocycles. The third-order valence-electron chi connectivity index (χ3n) is 3.20. The molecule has 106 valence electrons. The highest BCUT2D eigenvalue weighted by Crippen LogP contribution is 2.28. The van der Waals surface area contributed by atoms with Gasteiger partial charge in [0.1, 0.15) is 6.61 Å². The third-order valence-corrected chi connectivity index (χ3v) is 3.20. The molecule has 1 aliphatic carbocycles. The molecule has 19 heavy (non-hydrogen) atoms. The van der Waals surface area contributed by atoms with Gasteiger partial charge in [0.15, 0.2) is 11.5 Å². The molecule has 0 saturated heterocycles. The summed E-state index contributed by atoms with van der Waals surface area (Å²) >= 11 is 0. The largest absolute Gasteiger partial charge is 0.493 e. The minimum absolute atomic E-state index is 0.670. The number of likely N-dealkylation sites (N-methyl/N-ethyl adjacent to an activating group) is 1. The first-order chi connectivity index (χ1) is 9.19. The molecule has 1 fully saturated rings. The average molecular weight is 264 g/mol. The number of nitrogens with zero attached hydrogens (tertiary/aromatic N) is 1. The Kier molecular flexibility index (Phi) is 5.05. The van der Waals surface area contributed by atoms with Crippen molar-refractivity contribution in [3.05, 3.63) is 23.8 Å². The Hall–Kier alpha value is -1.26. The van der Waals surface area contributed by atoms with Crippen LogP contribution in [0.3, 0.4) is 0 Å². The van der Waals surface area contributed by atoms with Crippen molar-refractivity contribution in [2.45, 2.75) is 25.4 Å². The zero-order valence-electron chi connectivity index (χ0n) is 12.1. The van der Waals surface area contributed by atoms with E-state index in [9.17, 15) is 0 Å². The van der Waals surface area contributed by atoms with Gasteiger partial charge in [-0.15, -0.1) is 0 Å². The lowest BCUT2D eigenvalue weighted by Gasteiger charge is -2.14. The van der Waals surface area contributed by atoms with E-state index in [2.05, 4.69) is 22.3 Å². The molecule has 0 unspecified atom stereocenters. The summed E-state index contributed by atoms with van der Waals surface area (Å²) in [6, 6.07) is 6.88. The van der Waals surface area contributed by atoms with Crippen LogP contribution >= 0.6 is 0 Å². The molecule has 0 amide bonds. The van der Waals surface area contributed by atoms with E-state index in [1.54, 1.807) is 7.11 Å². The van der Waals surface area contributed by atoms with Crippen LogP contribution in [0, 0.1) is 0 Å². The van der Waals surface area contributed by atoms with Crippen molar-refractivity contribution in [1.29, 1.82) is 0 Å². The van der Waals surface area contributed by atoms with E-state index in [1.165, 1.54) is 18.4 Å². The van der Waals surface area contributed by atoms with Crippen LogP contribution in [-0.4, -0.2) is 45.3 Å². The summed E-state index contributed by atoms with van der Waals surface area (Å²) < 4.78 is 11.1. The summed E-state index contributed by atoms with van der Waals surface area (Å²) in [4.78, 5) is 2.10. The van der Waals surface area contributed by atoms with E-state index < -0.39 is 0 Å². The van der Waals surface area contributed by atoms with E-state index >= 15 is 0 Å². The van der Waals surface area contributed by atoms with Gasteiger partial charge in [0.25, 0.3) is 0 Å². The fourth-order valence-electron chi connectivity index (χ4n) is 1.83. The quantitative estimate of drug-likeness (QED) is 0.777. The van der Waals surface area contributed by atoms with Crippen molar-refractivity contribution >= 4 is 0 Å². The number of hydrogen-bond acceptors (Lipinski definition) is 4. The Morgan fingerprint density at radius 1 is 1.26 bits per heavy atom. The topological polar surface area (TPSA) is 33.7 Å². The molecule has 0 heterocycles. The zero-order valence-corrected chi connectivity index (χ0v) is 12.1. The normalized spacial score (nSPS) is 14.7. The van der Waals surface area contributed by atoms with Gasteiger partial charge in [-0.05, 0) is 44.6 Å². The summed E-state index contributed by atoms with van der Waals surface area (Å²) in [5, 5.41) is 3.50. The second kappa shape index (κ2) is 6.78. The van der Waals surface area contributed by atoms with E-state index in [1.807, 2.05) is 20.2 Å². The fraction of sp³-hybridized carbons (Fsp3) is 0.600. The first kappa shape index (κ1) is 14.2. The Morgan fingerprint density at radius 3 is 2.68 bits per heavy atom. The highest BCUT2D eigenvalue weighted by atomic mass is 16.5. The van der Waals surface area contributed by atoms with Crippen molar-refractivity contribution in [1.82, 2.24) is 10.2 Å². The molecule has 0 aliphatic heterocycles. The fourth-order valence-corrected chi connectivity index (χ4v) is 1.83. The third kappa shape index (κ3) is 4.73. The lowest BCUT2D eigenvalue weighted by molar-refractivity contribution is 0.250. The predicted octanol–water partition coefficient (Wildman–Crippen LogP) is 1.89. The van der Waals surface area contributed by atoms with Crippen molar-refractivity contribution in [3.63, 3.8) is 0 Å². The Balaban J connectivity index is 1.90. The van der Waals surface area contributed by atoms with Gasteiger partial charge in [-0.25, -0.2) is 0 Å². The average Bonchev–Trinajstić information content (AvgIpc) is 3.21. The first-order valence-electron chi connectivity index (χ1n) is 6.87. The molecule has 1 aromatic carbocycles. The number of rotatable bonds is 8. The molecule has 0 aromatic heterocycles. The summed E-state index contributed by atoms with van der Waals surface area (Å²) in [5.41, 5.74) is 1.24. The molecule has 0 atom stereocenters. The number of ether oxygens (including phenoxy) is 2. The Morgan fingerprint density at radius 2 is 2.05 bits per heavy atom. The van der Waals surface area contributed by atoms with E-state index in [-0.39, 0.29) is 0 Å². The van der Waals surface area contributed by atoms with Crippen molar-refractivity contribution < 1.29 is 9.47 Å². The molecule has 2 rings (SSSR count). The van der Waals surface area contributed by atoms with Gasteiger partial charge in [-0.1, -0.05) is 6.07 Å². The minimum atomic E-state index is 0.670. The summed E-state index contributed by atoms with van der Waals surface area (Å²) in [7, 11) is 5.76. The Labute approximate surface area is 115 Å². The van der Waals surface area contributed by atoms with Gasteiger partial charge in [-0.2, -0.15) is 0 Å². The molecule has 4 heteroatoms. The maximum absolute atomic E-state index is 5.74. The standard InChI is InChI=1S/C15H24N2O2/c1-17(2)8-9-19-14-7-4-12(10-15(14)18-3)11-16-13-5-6-13/h4,7,10,13,16H,5-6,8-9,11H2,1-3H3. The number of benzene rings is 1. The highest BCUT2D eigenvalue weighted by molar-refractivity contribution is 5.43. The van der Waals surface area contributed by atoms with Crippen LogP contribution in [0.5, 0.6) is 11.5 Å². The number of nitrogens with one attached hydrogen (secondary N) is 1. The second-order valence-corrected chi connectivity index (χ2v) is 5.29. The van der Waals surface area contributed by atoms with Gasteiger partial charge in [0, 0.05) is 19.1 Å². The maximum Gasteiger partial charge on any atom is 0.161 e. The lowest BCUT2D eigenvalue weighted by atomic mass is 10.2. The van der Waals surface area contributed by atoms with Crippen LogP contribution in [-0.2, 0) is 6.54 Å². The Bertz CT molecular complexity index is 403. The van der Waals surface area contributed by atoms with Crippen LogP contribution < -0.4 is 14.8 Å². The van der Waals surface area contributed by atoms with Crippen molar-refractivity contribution in [2.75, 3.05) is 34.4 Å². The molecule has 1 aliphatic rings. The summed E-state index contributed by atoms with van der Waals surface area (Å²) in [5.74, 6) is 1.63. The molecule has 0 bridgehead atoms. The van der Waals surface area contributed by atoms with Crippen LogP contribution in [0.25, 0.3) is 0 Å². The maximum atomic E-state index is 5.74. The van der Waals surface area contributed by atoms with E-state index in [0.29, 0.717) is 6.61 Å². The smallest absolute Gasteiger partial charge is 0.161 e. The minimum Gasteiger partial charge on any atom is -0.493 e. The van der Waals surface area contributed by atoms with Gasteiger partial charge in [-0.3, -0.25) is 0 Å². The zero-order chi connectivity index (χ0) is 13.7. The molecular formula is C15H24N2O2. The monoisotopic (exact) mass is 264 g/mol. The molecular weight excluding hydrogens is 240 g/mol. The second-order valence-electron chi connectivity index (χ2n) is 5.29. The first-order valence-corrected chi connectivity index (χ1v) is 6.87.